The highest BCUT2D eigenvalue weighted by molar-refractivity contribution is 4.79. The van der Waals surface area contributed by atoms with Gasteiger partial charge in [0.05, 0.1) is 31.8 Å². The van der Waals surface area contributed by atoms with Crippen LogP contribution in [0.25, 0.3) is 0 Å². The second-order valence-corrected chi connectivity index (χ2v) is 6.49. The molecule has 0 aliphatic heterocycles. The van der Waals surface area contributed by atoms with Crippen molar-refractivity contribution in [3.63, 3.8) is 0 Å². The molecule has 0 aromatic rings. The summed E-state index contributed by atoms with van der Waals surface area (Å²) in [6, 6.07) is 0. The summed E-state index contributed by atoms with van der Waals surface area (Å²) in [6.07, 6.45) is 4.69. The number of hydrogen-bond donors (Lipinski definition) is 3. The summed E-state index contributed by atoms with van der Waals surface area (Å²) in [5.41, 5.74) is 16.3. The van der Waals surface area contributed by atoms with E-state index in [9.17, 15) is 0 Å². The first kappa shape index (κ1) is 24.7. The predicted octanol–water partition coefficient (Wildman–Crippen LogP) is 0.886. The average molecular weight is 364 g/mol. The van der Waals surface area contributed by atoms with Crippen molar-refractivity contribution >= 4 is 0 Å². The van der Waals surface area contributed by atoms with E-state index in [1.165, 1.54) is 0 Å². The Morgan fingerprint density at radius 1 is 0.560 bits per heavy atom. The van der Waals surface area contributed by atoms with Gasteiger partial charge in [-0.1, -0.05) is 13.3 Å². The first-order chi connectivity index (χ1) is 12.2. The molecule has 0 aromatic carbocycles. The quantitative estimate of drug-likeness (QED) is 0.275. The maximum Gasteiger partial charge on any atom is 0.0637 e. The van der Waals surface area contributed by atoms with Gasteiger partial charge in [0.1, 0.15) is 0 Å². The van der Waals surface area contributed by atoms with Crippen molar-refractivity contribution in [2.24, 2.45) is 22.6 Å². The lowest BCUT2D eigenvalue weighted by Crippen LogP contribution is -2.42. The van der Waals surface area contributed by atoms with Gasteiger partial charge in [-0.05, 0) is 45.3 Å². The second-order valence-electron chi connectivity index (χ2n) is 6.49. The molecule has 25 heavy (non-hydrogen) atoms. The Morgan fingerprint density at radius 3 is 1.16 bits per heavy atom. The topological polar surface area (TPSA) is 115 Å². The van der Waals surface area contributed by atoms with Gasteiger partial charge in [0, 0.05) is 26.4 Å². The first-order valence-electron chi connectivity index (χ1n) is 9.66. The van der Waals surface area contributed by atoms with E-state index in [4.69, 9.17) is 36.1 Å². The molecule has 0 saturated carbocycles. The molecule has 0 radical (unpaired) electrons. The molecular formula is C18H41N3O4. The van der Waals surface area contributed by atoms with E-state index in [1.807, 2.05) is 0 Å². The van der Waals surface area contributed by atoms with Gasteiger partial charge in [-0.2, -0.15) is 0 Å². The molecule has 0 bridgehead atoms. The monoisotopic (exact) mass is 363 g/mol. The SMILES string of the molecule is CCCCOCC(COCCCN)(COCCCN)COCCCN. The minimum absolute atomic E-state index is 0.314. The van der Waals surface area contributed by atoms with Crippen molar-refractivity contribution < 1.29 is 18.9 Å². The molecule has 0 atom stereocenters. The summed E-state index contributed by atoms with van der Waals surface area (Å²) in [6.45, 7) is 8.83. The van der Waals surface area contributed by atoms with Crippen molar-refractivity contribution in [3.05, 3.63) is 0 Å². The molecule has 0 amide bonds. The highest BCUT2D eigenvalue weighted by Crippen LogP contribution is 2.21. The van der Waals surface area contributed by atoms with Crippen LogP contribution in [0, 0.1) is 5.41 Å². The molecule has 7 heteroatoms. The zero-order valence-electron chi connectivity index (χ0n) is 16.2. The van der Waals surface area contributed by atoms with Gasteiger partial charge >= 0.3 is 0 Å². The molecule has 0 saturated heterocycles. The van der Waals surface area contributed by atoms with Gasteiger partial charge < -0.3 is 36.1 Å². The second kappa shape index (κ2) is 18.5. The molecular weight excluding hydrogens is 322 g/mol. The van der Waals surface area contributed by atoms with Crippen LogP contribution >= 0.6 is 0 Å². The molecule has 0 aromatic heterocycles. The lowest BCUT2D eigenvalue weighted by molar-refractivity contribution is -0.107. The van der Waals surface area contributed by atoms with E-state index in [0.717, 1.165) is 38.7 Å². The first-order valence-corrected chi connectivity index (χ1v) is 9.66. The van der Waals surface area contributed by atoms with Crippen LogP contribution in [-0.2, 0) is 18.9 Å². The third kappa shape index (κ3) is 14.6. The average Bonchev–Trinajstić information content (AvgIpc) is 2.63. The Bertz CT molecular complexity index is 217. The van der Waals surface area contributed by atoms with Gasteiger partial charge in [0.25, 0.3) is 0 Å². The Kier molecular flexibility index (Phi) is 18.3. The lowest BCUT2D eigenvalue weighted by Gasteiger charge is -2.33. The third-order valence-electron chi connectivity index (χ3n) is 3.75. The molecule has 7 nitrogen and oxygen atoms in total. The van der Waals surface area contributed by atoms with Gasteiger partial charge in [-0.3, -0.25) is 0 Å². The fourth-order valence-corrected chi connectivity index (χ4v) is 2.21. The van der Waals surface area contributed by atoms with E-state index in [-0.39, 0.29) is 5.41 Å². The number of nitrogens with two attached hydrogens (primary N) is 3. The van der Waals surface area contributed by atoms with Crippen LogP contribution in [0.3, 0.4) is 0 Å². The molecule has 0 unspecified atom stereocenters. The number of hydrogen-bond acceptors (Lipinski definition) is 7. The van der Waals surface area contributed by atoms with Crippen LogP contribution in [0.2, 0.25) is 0 Å². The summed E-state index contributed by atoms with van der Waals surface area (Å²) in [4.78, 5) is 0. The Labute approximate surface area is 153 Å². The largest absolute Gasteiger partial charge is 0.381 e. The Morgan fingerprint density at radius 2 is 0.880 bits per heavy atom. The molecule has 0 fully saturated rings. The standard InChI is InChI=1S/C18H41N3O4/c1-2-3-10-22-14-18(15-23-11-4-7-19,16-24-12-5-8-20)17-25-13-6-9-21/h2-17,19-21H2,1H3. The van der Waals surface area contributed by atoms with Crippen molar-refractivity contribution in [1.82, 2.24) is 0 Å². The molecule has 6 N–H and O–H groups in total. The molecule has 0 aliphatic rings. The Balaban J connectivity index is 4.62. The minimum atomic E-state index is -0.314. The normalized spacial score (nSPS) is 12.0. The van der Waals surface area contributed by atoms with E-state index in [1.54, 1.807) is 0 Å². The fourth-order valence-electron chi connectivity index (χ4n) is 2.21. The summed E-state index contributed by atoms with van der Waals surface area (Å²) >= 11 is 0. The fraction of sp³-hybridized carbons (Fsp3) is 1.00. The van der Waals surface area contributed by atoms with E-state index in [0.29, 0.717) is 65.9 Å². The van der Waals surface area contributed by atoms with Crippen molar-refractivity contribution in [2.75, 3.05) is 72.5 Å². The minimum Gasteiger partial charge on any atom is -0.381 e. The number of rotatable bonds is 20. The van der Waals surface area contributed by atoms with Gasteiger partial charge in [-0.15, -0.1) is 0 Å². The smallest absolute Gasteiger partial charge is 0.0637 e. The lowest BCUT2D eigenvalue weighted by atomic mass is 9.92. The molecule has 0 aliphatic carbocycles. The van der Waals surface area contributed by atoms with Gasteiger partial charge in [-0.25, -0.2) is 0 Å². The number of unbranched alkanes of at least 4 members (excludes halogenated alkanes) is 1. The summed E-state index contributed by atoms with van der Waals surface area (Å²) in [7, 11) is 0. The zero-order chi connectivity index (χ0) is 18.6. The summed E-state index contributed by atoms with van der Waals surface area (Å²) in [5, 5.41) is 0. The van der Waals surface area contributed by atoms with Gasteiger partial charge in [0.2, 0.25) is 0 Å². The molecule has 0 spiro atoms. The van der Waals surface area contributed by atoms with Crippen LogP contribution in [-0.4, -0.2) is 72.5 Å². The Hall–Kier alpha value is -0.280. The van der Waals surface area contributed by atoms with Crippen molar-refractivity contribution in [3.8, 4) is 0 Å². The number of ether oxygens (including phenoxy) is 4. The maximum atomic E-state index is 5.90. The van der Waals surface area contributed by atoms with Crippen LogP contribution in [0.15, 0.2) is 0 Å². The highest BCUT2D eigenvalue weighted by Gasteiger charge is 2.32. The van der Waals surface area contributed by atoms with Crippen LogP contribution in [0.5, 0.6) is 0 Å². The van der Waals surface area contributed by atoms with Crippen molar-refractivity contribution in [1.29, 1.82) is 0 Å². The molecule has 0 heterocycles. The van der Waals surface area contributed by atoms with Gasteiger partial charge in [0.15, 0.2) is 0 Å². The predicted molar refractivity (Wildman–Crippen MR) is 102 cm³/mol. The highest BCUT2D eigenvalue weighted by atomic mass is 16.5. The third-order valence-corrected chi connectivity index (χ3v) is 3.75. The van der Waals surface area contributed by atoms with E-state index < -0.39 is 0 Å². The van der Waals surface area contributed by atoms with E-state index >= 15 is 0 Å². The zero-order valence-corrected chi connectivity index (χ0v) is 16.2. The van der Waals surface area contributed by atoms with Crippen LogP contribution in [0.1, 0.15) is 39.0 Å². The van der Waals surface area contributed by atoms with E-state index in [2.05, 4.69) is 6.92 Å². The van der Waals surface area contributed by atoms with Crippen molar-refractivity contribution in [2.45, 2.75) is 39.0 Å². The maximum absolute atomic E-state index is 5.90. The summed E-state index contributed by atoms with van der Waals surface area (Å²) in [5.74, 6) is 0. The summed E-state index contributed by atoms with van der Waals surface area (Å²) < 4.78 is 23.4. The van der Waals surface area contributed by atoms with Crippen LogP contribution in [0.4, 0.5) is 0 Å². The molecule has 0 rings (SSSR count). The molecule has 152 valence electrons. The van der Waals surface area contributed by atoms with Crippen LogP contribution < -0.4 is 17.2 Å².